The smallest absolute Gasteiger partial charge is 0.326 e. The van der Waals surface area contributed by atoms with Gasteiger partial charge >= 0.3 is 5.97 Å². The van der Waals surface area contributed by atoms with Gasteiger partial charge in [0.15, 0.2) is 0 Å². The first kappa shape index (κ1) is 48.2. The molecule has 14 N–H and O–H groups in total. The summed E-state index contributed by atoms with van der Waals surface area (Å²) < 4.78 is 0. The van der Waals surface area contributed by atoms with Crippen molar-refractivity contribution in [3.63, 3.8) is 0 Å². The number of nitrogens with one attached hydrogen (secondary N) is 6. The van der Waals surface area contributed by atoms with E-state index >= 15 is 0 Å². The number of unbranched alkanes of at least 4 members (excludes halogenated alkanes) is 1. The lowest BCUT2D eigenvalue weighted by Gasteiger charge is -2.26. The van der Waals surface area contributed by atoms with Crippen molar-refractivity contribution in [3.8, 4) is 0 Å². The molecule has 0 heterocycles. The second-order valence-corrected chi connectivity index (χ2v) is 14.2. The van der Waals surface area contributed by atoms with E-state index in [0.717, 1.165) is 5.56 Å². The molecule has 0 bridgehead atoms. The Kier molecular flexibility index (Phi) is 21.1. The van der Waals surface area contributed by atoms with Gasteiger partial charge in [-0.1, -0.05) is 74.5 Å². The lowest BCUT2D eigenvalue weighted by Crippen LogP contribution is -2.60. The molecule has 2 aromatic rings. The Bertz CT molecular complexity index is 1680. The molecule has 6 atom stereocenters. The predicted octanol–water partition coefficient (Wildman–Crippen LogP) is -2.53. The predicted molar refractivity (Wildman–Crippen MR) is 212 cm³/mol. The van der Waals surface area contributed by atoms with E-state index in [1.807, 2.05) is 0 Å². The van der Waals surface area contributed by atoms with E-state index in [4.69, 9.17) is 17.2 Å². The Morgan fingerprint density at radius 3 is 1.69 bits per heavy atom. The van der Waals surface area contributed by atoms with E-state index < -0.39 is 103 Å². The van der Waals surface area contributed by atoms with E-state index in [1.165, 1.54) is 0 Å². The number of hydrogen-bond donors (Lipinski definition) is 11. The van der Waals surface area contributed by atoms with Crippen LogP contribution in [0.1, 0.15) is 57.1 Å². The monoisotopic (exact) mass is 811 g/mol. The minimum absolute atomic E-state index is 0.000303. The van der Waals surface area contributed by atoms with Crippen LogP contribution in [0.25, 0.3) is 0 Å². The van der Waals surface area contributed by atoms with Crippen molar-refractivity contribution in [2.75, 3.05) is 19.7 Å². The molecule has 0 aliphatic rings. The number of benzene rings is 2. The molecular formula is C39H57N9O10. The van der Waals surface area contributed by atoms with Crippen molar-refractivity contribution in [2.45, 2.75) is 95.0 Å². The first-order valence-electron chi connectivity index (χ1n) is 19.0. The second kappa shape index (κ2) is 25.4. The molecule has 0 aromatic heterocycles. The summed E-state index contributed by atoms with van der Waals surface area (Å²) in [5, 5.41) is 34.0. The van der Waals surface area contributed by atoms with Crippen molar-refractivity contribution in [1.82, 2.24) is 31.9 Å². The number of carboxylic acids is 1. The minimum atomic E-state index is -1.65. The Morgan fingerprint density at radius 2 is 1.16 bits per heavy atom. The fourth-order valence-electron chi connectivity index (χ4n) is 5.71. The fourth-order valence-corrected chi connectivity index (χ4v) is 5.71. The van der Waals surface area contributed by atoms with Gasteiger partial charge in [-0.3, -0.25) is 33.6 Å². The number of carbonyl (C=O) groups excluding carboxylic acids is 7. The molecule has 0 radical (unpaired) electrons. The Labute approximate surface area is 337 Å². The van der Waals surface area contributed by atoms with Crippen LogP contribution >= 0.6 is 0 Å². The molecule has 2 aromatic carbocycles. The van der Waals surface area contributed by atoms with Crippen LogP contribution in [0.3, 0.4) is 0 Å². The summed E-state index contributed by atoms with van der Waals surface area (Å²) in [6.45, 7) is 2.36. The highest BCUT2D eigenvalue weighted by Gasteiger charge is 2.33. The van der Waals surface area contributed by atoms with E-state index in [-0.39, 0.29) is 38.1 Å². The summed E-state index contributed by atoms with van der Waals surface area (Å²) in [4.78, 5) is 103. The summed E-state index contributed by atoms with van der Waals surface area (Å²) in [6.07, 6.45) is 0.261. The van der Waals surface area contributed by atoms with Gasteiger partial charge in [0, 0.05) is 6.42 Å². The zero-order chi connectivity index (χ0) is 43.2. The third-order valence-electron chi connectivity index (χ3n) is 8.75. The van der Waals surface area contributed by atoms with Crippen molar-refractivity contribution >= 4 is 47.3 Å². The van der Waals surface area contributed by atoms with Gasteiger partial charge in [-0.15, -0.1) is 0 Å². The molecule has 0 saturated carbocycles. The Morgan fingerprint density at radius 1 is 0.638 bits per heavy atom. The molecule has 0 aliphatic carbocycles. The van der Waals surface area contributed by atoms with E-state index in [1.54, 1.807) is 74.5 Å². The first-order valence-corrected chi connectivity index (χ1v) is 19.0. The SMILES string of the molecule is CC(C)C[C@H](NC(=O)CNC(=O)[C@H](Cc1ccccc1)NC(=O)[C@H](CC(N)=O)NC(=O)[C@H](CCCCN)NC(=O)[C@H](CO)NC(=O)[C@@H](N)Cc1ccccc1)C(=O)O. The first-order chi connectivity index (χ1) is 27.5. The number of aliphatic hydroxyl groups is 1. The lowest BCUT2D eigenvalue weighted by atomic mass is 10.0. The average molecular weight is 812 g/mol. The van der Waals surface area contributed by atoms with Crippen LogP contribution in [0.4, 0.5) is 0 Å². The Hall–Kier alpha value is -5.92. The van der Waals surface area contributed by atoms with Crippen LogP contribution in [-0.4, -0.2) is 113 Å². The van der Waals surface area contributed by atoms with Crippen LogP contribution in [0.2, 0.25) is 0 Å². The molecule has 19 nitrogen and oxygen atoms in total. The number of nitrogens with two attached hydrogens (primary N) is 3. The number of carbonyl (C=O) groups is 8. The highest BCUT2D eigenvalue weighted by atomic mass is 16.4. The maximum absolute atomic E-state index is 13.7. The molecule has 0 fully saturated rings. The fraction of sp³-hybridized carbons (Fsp3) is 0.487. The zero-order valence-corrected chi connectivity index (χ0v) is 32.8. The van der Waals surface area contributed by atoms with Crippen molar-refractivity contribution in [2.24, 2.45) is 23.1 Å². The van der Waals surface area contributed by atoms with Gasteiger partial charge in [0.1, 0.15) is 30.2 Å². The molecule has 0 aliphatic heterocycles. The van der Waals surface area contributed by atoms with Crippen molar-refractivity contribution < 1.29 is 48.6 Å². The normalized spacial score (nSPS) is 14.0. The largest absolute Gasteiger partial charge is 0.480 e. The molecule has 318 valence electrons. The van der Waals surface area contributed by atoms with Gasteiger partial charge < -0.3 is 59.3 Å². The highest BCUT2D eigenvalue weighted by Crippen LogP contribution is 2.08. The molecule has 7 amide bonds. The lowest BCUT2D eigenvalue weighted by molar-refractivity contribution is -0.142. The molecule has 0 unspecified atom stereocenters. The number of amides is 7. The maximum atomic E-state index is 13.7. The number of primary amides is 1. The van der Waals surface area contributed by atoms with Crippen LogP contribution in [0.15, 0.2) is 60.7 Å². The summed E-state index contributed by atoms with van der Waals surface area (Å²) >= 11 is 0. The number of aliphatic carboxylic acids is 1. The topological polar surface area (TPSA) is 327 Å². The quantitative estimate of drug-likeness (QED) is 0.0438. The van der Waals surface area contributed by atoms with Crippen molar-refractivity contribution in [3.05, 3.63) is 71.8 Å². The summed E-state index contributed by atoms with van der Waals surface area (Å²) in [5.41, 5.74) is 18.5. The van der Waals surface area contributed by atoms with E-state index in [0.29, 0.717) is 18.4 Å². The van der Waals surface area contributed by atoms with Crippen LogP contribution < -0.4 is 49.1 Å². The van der Waals surface area contributed by atoms with Crippen LogP contribution in [0.5, 0.6) is 0 Å². The number of aliphatic hydroxyl groups excluding tert-OH is 1. The Balaban J connectivity index is 2.23. The molecular weight excluding hydrogens is 754 g/mol. The standard InChI is InChI=1S/C39H57N9O10/c1-23(2)17-30(39(57)58)44-33(51)21-43-35(53)28(19-25-13-7-4-8-14-25)46-37(55)29(20-32(42)50)47-36(54)27(15-9-10-16-40)45-38(56)31(22-49)48-34(52)26(41)18-24-11-5-3-6-12-24/h3-8,11-14,23,26-31,49H,9-10,15-22,40-41H2,1-2H3,(H2,42,50)(H,43,53)(H,44,51)(H,45,56)(H,46,55)(H,47,54)(H,48,52)(H,57,58)/t26-,27-,28-,29-,30-,31-/m0/s1. The average Bonchev–Trinajstić information content (AvgIpc) is 3.18. The summed E-state index contributed by atoms with van der Waals surface area (Å²) in [7, 11) is 0. The maximum Gasteiger partial charge on any atom is 0.326 e. The van der Waals surface area contributed by atoms with Gasteiger partial charge in [-0.25, -0.2) is 4.79 Å². The highest BCUT2D eigenvalue weighted by molar-refractivity contribution is 5.98. The minimum Gasteiger partial charge on any atom is -0.480 e. The van der Waals surface area contributed by atoms with Crippen molar-refractivity contribution in [1.29, 1.82) is 0 Å². The number of hydrogen-bond acceptors (Lipinski definition) is 11. The third kappa shape index (κ3) is 17.9. The molecule has 2 rings (SSSR count). The molecule has 0 spiro atoms. The zero-order valence-electron chi connectivity index (χ0n) is 32.8. The van der Waals surface area contributed by atoms with Gasteiger partial charge in [0.2, 0.25) is 41.4 Å². The number of carboxylic acid groups (broad SMARTS) is 1. The third-order valence-corrected chi connectivity index (χ3v) is 8.75. The van der Waals surface area contributed by atoms with Crippen LogP contribution in [-0.2, 0) is 51.2 Å². The summed E-state index contributed by atoms with van der Waals surface area (Å²) in [6, 6.07) is 9.25. The van der Waals surface area contributed by atoms with Gasteiger partial charge in [0.05, 0.1) is 25.6 Å². The molecule has 58 heavy (non-hydrogen) atoms. The second-order valence-electron chi connectivity index (χ2n) is 14.2. The van der Waals surface area contributed by atoms with Gasteiger partial charge in [0.25, 0.3) is 0 Å². The van der Waals surface area contributed by atoms with Crippen LogP contribution in [0, 0.1) is 5.92 Å². The number of rotatable bonds is 26. The summed E-state index contributed by atoms with van der Waals surface area (Å²) in [5.74, 6) is -7.50. The van der Waals surface area contributed by atoms with Gasteiger partial charge in [-0.05, 0) is 55.7 Å². The molecule has 0 saturated heterocycles. The van der Waals surface area contributed by atoms with E-state index in [9.17, 15) is 48.6 Å². The van der Waals surface area contributed by atoms with Gasteiger partial charge in [-0.2, -0.15) is 0 Å². The molecule has 19 heteroatoms. The van der Waals surface area contributed by atoms with E-state index in [2.05, 4.69) is 31.9 Å².